The molecule has 3 N–H and O–H groups in total. The zero-order valence-corrected chi connectivity index (χ0v) is 20.2. The smallest absolute Gasteiger partial charge is 0.240 e. The number of methoxy groups -OCH3 is 1. The molecule has 0 aliphatic rings. The first-order chi connectivity index (χ1) is 16.9. The van der Waals surface area contributed by atoms with Gasteiger partial charge >= 0.3 is 0 Å². The van der Waals surface area contributed by atoms with Crippen LogP contribution >= 0.6 is 0 Å². The monoisotopic (exact) mass is 490 g/mol. The van der Waals surface area contributed by atoms with Crippen LogP contribution < -0.4 is 14.8 Å². The van der Waals surface area contributed by atoms with Crippen molar-refractivity contribution in [3.63, 3.8) is 0 Å². The summed E-state index contributed by atoms with van der Waals surface area (Å²) in [7, 11) is -2.11. The molecule has 180 valence electrons. The molecule has 0 saturated heterocycles. The summed E-state index contributed by atoms with van der Waals surface area (Å²) in [6, 6.07) is 23.4. The van der Waals surface area contributed by atoms with Gasteiger partial charge in [-0.15, -0.1) is 0 Å². The Morgan fingerprint density at radius 2 is 1.63 bits per heavy atom. The zero-order valence-electron chi connectivity index (χ0n) is 19.4. The second-order valence-corrected chi connectivity index (χ2v) is 9.62. The summed E-state index contributed by atoms with van der Waals surface area (Å²) in [4.78, 5) is 19.4. The normalized spacial score (nSPS) is 11.3. The molecule has 4 rings (SSSR count). The van der Waals surface area contributed by atoms with Gasteiger partial charge in [-0.3, -0.25) is 4.79 Å². The van der Waals surface area contributed by atoms with E-state index >= 15 is 0 Å². The number of hydrogen-bond donors (Lipinski definition) is 3. The number of nitrogens with one attached hydrogen (secondary N) is 3. The first kappa shape index (κ1) is 24.2. The highest BCUT2D eigenvalue weighted by Crippen LogP contribution is 2.28. The number of aromatic nitrogens is 2. The Morgan fingerprint density at radius 3 is 2.26 bits per heavy atom. The SMILES string of the molecule is COc1ccc(-c2[nH]c(-c3ccccc3)nc2CCNS(=O)(=O)c2ccc(NC(C)=O)cc2)cc1. The lowest BCUT2D eigenvalue weighted by Gasteiger charge is -2.08. The van der Waals surface area contributed by atoms with Crippen LogP contribution in [0.25, 0.3) is 22.6 Å². The molecule has 0 saturated carbocycles. The van der Waals surface area contributed by atoms with Gasteiger partial charge in [0.15, 0.2) is 0 Å². The van der Waals surface area contributed by atoms with Gasteiger partial charge in [0.1, 0.15) is 11.6 Å². The Bertz CT molecular complexity index is 1400. The molecule has 0 spiro atoms. The fourth-order valence-electron chi connectivity index (χ4n) is 3.63. The average Bonchev–Trinajstić information content (AvgIpc) is 3.28. The molecule has 0 aliphatic carbocycles. The Morgan fingerprint density at radius 1 is 0.943 bits per heavy atom. The molecule has 1 heterocycles. The minimum absolute atomic E-state index is 0.119. The number of H-pyrrole nitrogens is 1. The highest BCUT2D eigenvalue weighted by atomic mass is 32.2. The minimum Gasteiger partial charge on any atom is -0.497 e. The molecule has 0 aliphatic heterocycles. The topological polar surface area (TPSA) is 113 Å². The summed E-state index contributed by atoms with van der Waals surface area (Å²) in [5.74, 6) is 1.23. The third-order valence-corrected chi connectivity index (χ3v) is 6.82. The van der Waals surface area contributed by atoms with Gasteiger partial charge in [-0.05, 0) is 48.5 Å². The maximum absolute atomic E-state index is 12.8. The van der Waals surface area contributed by atoms with E-state index in [0.29, 0.717) is 17.9 Å². The number of nitrogens with zero attached hydrogens (tertiary/aromatic N) is 1. The van der Waals surface area contributed by atoms with Gasteiger partial charge in [-0.1, -0.05) is 30.3 Å². The summed E-state index contributed by atoms with van der Waals surface area (Å²) < 4.78 is 33.4. The van der Waals surface area contributed by atoms with E-state index in [0.717, 1.165) is 28.3 Å². The molecule has 3 aromatic carbocycles. The van der Waals surface area contributed by atoms with E-state index in [1.54, 1.807) is 19.2 Å². The molecule has 0 radical (unpaired) electrons. The van der Waals surface area contributed by atoms with E-state index in [2.05, 4.69) is 15.0 Å². The van der Waals surface area contributed by atoms with Gasteiger partial charge in [0, 0.05) is 36.7 Å². The lowest BCUT2D eigenvalue weighted by atomic mass is 10.1. The Balaban J connectivity index is 1.53. The van der Waals surface area contributed by atoms with Crippen molar-refractivity contribution < 1.29 is 17.9 Å². The van der Waals surface area contributed by atoms with E-state index in [1.807, 2.05) is 54.6 Å². The molecular weight excluding hydrogens is 464 g/mol. The molecule has 4 aromatic rings. The van der Waals surface area contributed by atoms with Crippen LogP contribution in [-0.4, -0.2) is 37.9 Å². The van der Waals surface area contributed by atoms with Crippen LogP contribution in [0.2, 0.25) is 0 Å². The fraction of sp³-hybridized carbons (Fsp3) is 0.154. The average molecular weight is 491 g/mol. The fourth-order valence-corrected chi connectivity index (χ4v) is 4.66. The molecule has 8 nitrogen and oxygen atoms in total. The molecule has 0 fully saturated rings. The number of carbonyl (C=O) groups is 1. The summed E-state index contributed by atoms with van der Waals surface area (Å²) in [6.45, 7) is 1.56. The van der Waals surface area contributed by atoms with Crippen LogP contribution in [0.4, 0.5) is 5.69 Å². The van der Waals surface area contributed by atoms with Gasteiger partial charge in [-0.25, -0.2) is 18.1 Å². The molecular formula is C26H26N4O4S. The maximum atomic E-state index is 12.8. The van der Waals surface area contributed by atoms with Gasteiger partial charge in [0.05, 0.1) is 23.4 Å². The van der Waals surface area contributed by atoms with E-state index < -0.39 is 10.0 Å². The highest BCUT2D eigenvalue weighted by Gasteiger charge is 2.17. The lowest BCUT2D eigenvalue weighted by Crippen LogP contribution is -2.26. The largest absolute Gasteiger partial charge is 0.497 e. The molecule has 0 atom stereocenters. The molecule has 1 amide bonds. The predicted octanol–water partition coefficient (Wildman–Crippen LogP) is 4.23. The van der Waals surface area contributed by atoms with Crippen LogP contribution in [0, 0.1) is 0 Å². The third kappa shape index (κ3) is 5.95. The Labute approximate surface area is 204 Å². The van der Waals surface area contributed by atoms with Crippen LogP contribution in [0.15, 0.2) is 83.8 Å². The van der Waals surface area contributed by atoms with Crippen LogP contribution in [0.5, 0.6) is 5.75 Å². The van der Waals surface area contributed by atoms with Crippen molar-refractivity contribution in [2.45, 2.75) is 18.2 Å². The summed E-state index contributed by atoms with van der Waals surface area (Å²) in [5.41, 5.74) is 3.97. The van der Waals surface area contributed by atoms with Gasteiger partial charge in [0.25, 0.3) is 0 Å². The molecule has 35 heavy (non-hydrogen) atoms. The van der Waals surface area contributed by atoms with E-state index in [4.69, 9.17) is 9.72 Å². The van der Waals surface area contributed by atoms with E-state index in [9.17, 15) is 13.2 Å². The van der Waals surface area contributed by atoms with Crippen LogP contribution in [0.3, 0.4) is 0 Å². The van der Waals surface area contributed by atoms with Crippen molar-refractivity contribution in [3.8, 4) is 28.4 Å². The molecule has 9 heteroatoms. The standard InChI is InChI=1S/C26H26N4O4S/c1-18(31)28-21-10-14-23(15-11-21)35(32,33)27-17-16-24-25(19-8-12-22(34-2)13-9-19)30-26(29-24)20-6-4-3-5-7-20/h3-15,27H,16-17H2,1-2H3,(H,28,31)(H,29,30). The summed E-state index contributed by atoms with van der Waals surface area (Å²) >= 11 is 0. The number of anilines is 1. The highest BCUT2D eigenvalue weighted by molar-refractivity contribution is 7.89. The first-order valence-electron chi connectivity index (χ1n) is 11.0. The van der Waals surface area contributed by atoms with Crippen molar-refractivity contribution in [2.75, 3.05) is 19.0 Å². The third-order valence-electron chi connectivity index (χ3n) is 5.34. The van der Waals surface area contributed by atoms with Crippen LogP contribution in [0.1, 0.15) is 12.6 Å². The maximum Gasteiger partial charge on any atom is 0.240 e. The van der Waals surface area contributed by atoms with Crippen molar-refractivity contribution in [2.24, 2.45) is 0 Å². The zero-order chi connectivity index (χ0) is 24.8. The first-order valence-corrected chi connectivity index (χ1v) is 12.5. The quantitative estimate of drug-likeness (QED) is 0.325. The molecule has 1 aromatic heterocycles. The number of sulfonamides is 1. The van der Waals surface area contributed by atoms with Crippen LogP contribution in [-0.2, 0) is 21.2 Å². The minimum atomic E-state index is -3.72. The number of imidazole rings is 1. The number of benzene rings is 3. The van der Waals surface area contributed by atoms with Gasteiger partial charge in [0.2, 0.25) is 15.9 Å². The van der Waals surface area contributed by atoms with Gasteiger partial charge < -0.3 is 15.0 Å². The second-order valence-electron chi connectivity index (χ2n) is 7.85. The summed E-state index contributed by atoms with van der Waals surface area (Å²) in [5, 5.41) is 2.62. The number of rotatable bonds is 9. The number of carbonyl (C=O) groups excluding carboxylic acids is 1. The number of hydrogen-bond acceptors (Lipinski definition) is 5. The van der Waals surface area contributed by atoms with Crippen molar-refractivity contribution in [1.82, 2.24) is 14.7 Å². The van der Waals surface area contributed by atoms with Gasteiger partial charge in [-0.2, -0.15) is 0 Å². The van der Waals surface area contributed by atoms with E-state index in [1.165, 1.54) is 19.1 Å². The van der Waals surface area contributed by atoms with Crippen molar-refractivity contribution in [3.05, 3.63) is 84.6 Å². The number of amides is 1. The lowest BCUT2D eigenvalue weighted by molar-refractivity contribution is -0.114. The molecule has 0 bridgehead atoms. The number of ether oxygens (including phenoxy) is 1. The second kappa shape index (κ2) is 10.5. The number of aromatic amines is 1. The molecule has 0 unspecified atom stereocenters. The van der Waals surface area contributed by atoms with Crippen molar-refractivity contribution in [1.29, 1.82) is 0 Å². The summed E-state index contributed by atoms with van der Waals surface area (Å²) in [6.07, 6.45) is 0.383. The Hall–Kier alpha value is -3.95. The van der Waals surface area contributed by atoms with Crippen molar-refractivity contribution >= 4 is 21.6 Å². The van der Waals surface area contributed by atoms with E-state index in [-0.39, 0.29) is 17.3 Å². The predicted molar refractivity (Wildman–Crippen MR) is 136 cm³/mol. The Kier molecular flexibility index (Phi) is 7.28.